The molecule has 0 aliphatic carbocycles. The number of hydrogen-bond acceptors (Lipinski definition) is 0. The van der Waals surface area contributed by atoms with E-state index >= 15 is 0 Å². The minimum Gasteiger partial charge on any atom is -2.00 e. The Hall–Kier alpha value is 0.932. The Balaban J connectivity index is 0. The zero-order valence-electron chi connectivity index (χ0n) is 1.72. The van der Waals surface area contributed by atoms with E-state index < -0.39 is 0 Å². The molecule has 0 aliphatic heterocycles. The molecule has 0 spiro atoms. The van der Waals surface area contributed by atoms with Gasteiger partial charge in [0.2, 0.25) is 0 Å². The van der Waals surface area contributed by atoms with E-state index in [0.29, 0.717) is 0 Å². The predicted octanol–water partition coefficient (Wildman–Crippen LogP) is -1.65. The van der Waals surface area contributed by atoms with E-state index in [-0.39, 0.29) is 44.9 Å². The Kier molecular flexibility index (Phi) is 853. The van der Waals surface area contributed by atoms with E-state index in [4.69, 9.17) is 0 Å². The molecule has 2 nitrogen and oxygen atoms in total. The molecule has 0 radical (unpaired) electrons. The van der Waals surface area contributed by atoms with Crippen LogP contribution in [0.5, 0.6) is 0 Å². The van der Waals surface area contributed by atoms with E-state index in [2.05, 4.69) is 0 Å². The molecule has 0 aromatic rings. The van der Waals surface area contributed by atoms with E-state index in [1.54, 1.807) is 0 Å². The predicted molar refractivity (Wildman–Crippen MR) is 14.6 cm³/mol. The average molecular weight is 175 g/mol. The third kappa shape index (κ3) is 12.6. The molecule has 0 amide bonds. The molecule has 4 heavy (non-hydrogen) atoms. The molecule has 0 heterocycles. The summed E-state index contributed by atoms with van der Waals surface area (Å²) in [5, 5.41) is 0. The first-order valence-electron chi connectivity index (χ1n) is 0. The van der Waals surface area contributed by atoms with Crippen LogP contribution in [0.3, 0.4) is 0 Å². The van der Waals surface area contributed by atoms with Crippen molar-refractivity contribution in [2.75, 3.05) is 0 Å². The van der Waals surface area contributed by atoms with E-state index in [9.17, 15) is 0 Å². The maximum Gasteiger partial charge on any atom is 2.00 e. The van der Waals surface area contributed by atoms with Gasteiger partial charge in [0, 0.05) is 0 Å². The van der Waals surface area contributed by atoms with Crippen LogP contribution in [0.25, 0.3) is 0 Å². The normalized spacial score (nSPS) is 0. The van der Waals surface area contributed by atoms with E-state index in [1.807, 2.05) is 0 Å². The van der Waals surface area contributed by atoms with Gasteiger partial charge in [-0.2, -0.15) is 0 Å². The van der Waals surface area contributed by atoms with Gasteiger partial charge >= 0.3 is 20.4 Å². The van der Waals surface area contributed by atoms with Crippen LogP contribution >= 0.6 is 0 Å². The monoisotopic (exact) mass is 174 g/mol. The zero-order valence-corrected chi connectivity index (χ0v) is 4.10. The number of rotatable bonds is 0. The third-order valence-electron chi connectivity index (χ3n) is 0. The van der Waals surface area contributed by atoms with Crippen molar-refractivity contribution in [1.29, 1.82) is 0 Å². The van der Waals surface area contributed by atoms with Crippen LogP contribution in [-0.2, 0) is 33.9 Å². The van der Waals surface area contributed by atoms with Gasteiger partial charge in [-0.3, -0.25) is 0 Å². The van der Waals surface area contributed by atoms with Gasteiger partial charge in [0.05, 0.1) is 0 Å². The topological polar surface area (TPSA) is 63.0 Å². The van der Waals surface area contributed by atoms with E-state index in [1.165, 1.54) is 0 Å². The molecule has 0 saturated carbocycles. The second kappa shape index (κ2) is 38.9. The van der Waals surface area contributed by atoms with Gasteiger partial charge in [-0.1, -0.05) is 0 Å². The molecule has 0 aromatic heterocycles. The minimum absolute atomic E-state index is 0. The van der Waals surface area contributed by atoms with Crippen LogP contribution in [0, 0.1) is 0 Å². The molecule has 4 N–H and O–H groups in total. The van der Waals surface area contributed by atoms with Gasteiger partial charge in [0.15, 0.2) is 0 Å². The van der Waals surface area contributed by atoms with Crippen molar-refractivity contribution in [3.8, 4) is 0 Å². The van der Waals surface area contributed by atoms with Crippen LogP contribution in [0.4, 0.5) is 0 Å². The van der Waals surface area contributed by atoms with Gasteiger partial charge in [-0.05, 0) is 0 Å². The van der Waals surface area contributed by atoms with Gasteiger partial charge in [0.1, 0.15) is 0 Å². The molecule has 0 fully saturated rings. The molecule has 32 valence electrons. The van der Waals surface area contributed by atoms with Crippen LogP contribution in [-0.4, -0.2) is 11.0 Å². The summed E-state index contributed by atoms with van der Waals surface area (Å²) in [7, 11) is 0. The van der Waals surface area contributed by atoms with Crippen molar-refractivity contribution in [2.45, 2.75) is 0 Å². The molecule has 0 atom stereocenters. The van der Waals surface area contributed by atoms with Crippen molar-refractivity contribution in [3.63, 3.8) is 0 Å². The van der Waals surface area contributed by atoms with Crippen LogP contribution in [0.2, 0.25) is 0 Å². The van der Waals surface area contributed by atoms with Gasteiger partial charge in [-0.15, -0.1) is 0 Å². The molecule has 0 aromatic carbocycles. The van der Waals surface area contributed by atoms with Gasteiger partial charge in [-0.25, -0.2) is 0 Å². The van der Waals surface area contributed by atoms with Crippen molar-refractivity contribution < 1.29 is 31.4 Å². The van der Waals surface area contributed by atoms with Gasteiger partial charge < -0.3 is 24.4 Å². The first-order chi connectivity index (χ1) is 0. The summed E-state index contributed by atoms with van der Waals surface area (Å²) in [5.41, 5.74) is 0. The second-order valence-electron chi connectivity index (χ2n) is 0. The number of hydrogen-bond donors (Lipinski definition) is 0. The Morgan fingerprint density at radius 2 is 0.750 bits per heavy atom. The molecule has 4 heteroatoms. The van der Waals surface area contributed by atoms with Gasteiger partial charge in [0.25, 0.3) is 0 Å². The Bertz CT molecular complexity index is 6.00. The van der Waals surface area contributed by atoms with Crippen LogP contribution < -0.4 is 0 Å². The maximum absolute atomic E-state index is 0. The summed E-state index contributed by atoms with van der Waals surface area (Å²) in [6, 6.07) is 0. The summed E-state index contributed by atoms with van der Waals surface area (Å²) in [6.45, 7) is 0. The van der Waals surface area contributed by atoms with Crippen molar-refractivity contribution >= 4 is 13.5 Å². The maximum atomic E-state index is 0. The fraction of sp³-hybridized carbons (Fsp3) is 0. The molecular formula is H4O2PdS. The first-order valence-corrected chi connectivity index (χ1v) is 0. The zero-order chi connectivity index (χ0) is 0. The Labute approximate surface area is 45.3 Å². The molecular weight excluding hydrogens is 170 g/mol. The summed E-state index contributed by atoms with van der Waals surface area (Å²) >= 11 is 0. The largest absolute Gasteiger partial charge is 2.00 e. The molecule has 0 rings (SSSR count). The Morgan fingerprint density at radius 3 is 0.750 bits per heavy atom. The molecule has 0 aliphatic rings. The smallest absolute Gasteiger partial charge is 2.00 e. The summed E-state index contributed by atoms with van der Waals surface area (Å²) in [6.07, 6.45) is 0. The summed E-state index contributed by atoms with van der Waals surface area (Å²) in [4.78, 5) is 0. The fourth-order valence-corrected chi connectivity index (χ4v) is 0. The van der Waals surface area contributed by atoms with Crippen LogP contribution in [0.1, 0.15) is 0 Å². The summed E-state index contributed by atoms with van der Waals surface area (Å²) < 4.78 is 0. The average Bonchev–Trinajstić information content (AvgIpc) is 0. The minimum atomic E-state index is 0. The quantitative estimate of drug-likeness (QED) is 0.395. The molecule has 0 unspecified atom stereocenters. The molecule has 0 bridgehead atoms. The van der Waals surface area contributed by atoms with Crippen LogP contribution in [0.15, 0.2) is 0 Å². The Morgan fingerprint density at radius 1 is 0.750 bits per heavy atom. The fourth-order valence-electron chi connectivity index (χ4n) is 0. The van der Waals surface area contributed by atoms with Crippen molar-refractivity contribution in [1.82, 2.24) is 0 Å². The third-order valence-corrected chi connectivity index (χ3v) is 0. The second-order valence-corrected chi connectivity index (χ2v) is 0. The first kappa shape index (κ1) is 87.7. The van der Waals surface area contributed by atoms with E-state index in [0.717, 1.165) is 0 Å². The SMILES string of the molecule is O.O.[Pd+2].[S-2]. The molecule has 0 saturated heterocycles. The van der Waals surface area contributed by atoms with Crippen molar-refractivity contribution in [3.05, 3.63) is 0 Å². The summed E-state index contributed by atoms with van der Waals surface area (Å²) in [5.74, 6) is 0. The van der Waals surface area contributed by atoms with Crippen molar-refractivity contribution in [2.24, 2.45) is 0 Å². The standard InChI is InChI=1S/2H2O.Pd.S/h2*1H2;;/q;;+2;-2.